The highest BCUT2D eigenvalue weighted by Crippen LogP contribution is 2.38. The quantitative estimate of drug-likeness (QED) is 0.491. The molecule has 30 heavy (non-hydrogen) atoms. The highest BCUT2D eigenvalue weighted by molar-refractivity contribution is 6.32. The minimum atomic E-state index is 0.474. The van der Waals surface area contributed by atoms with Gasteiger partial charge in [-0.2, -0.15) is 0 Å². The molecule has 0 saturated carbocycles. The van der Waals surface area contributed by atoms with E-state index in [1.807, 2.05) is 37.3 Å². The third kappa shape index (κ3) is 5.63. The molecule has 0 spiro atoms. The molecule has 1 heterocycles. The third-order valence-corrected chi connectivity index (χ3v) is 4.86. The summed E-state index contributed by atoms with van der Waals surface area (Å²) < 4.78 is 21.9. The number of hydrogen-bond donors (Lipinski definition) is 2. The van der Waals surface area contributed by atoms with E-state index in [1.54, 1.807) is 14.2 Å². The summed E-state index contributed by atoms with van der Waals surface area (Å²) in [6.07, 6.45) is 0.820. The summed E-state index contributed by atoms with van der Waals surface area (Å²) in [5.74, 6) is 3.47. The fourth-order valence-electron chi connectivity index (χ4n) is 3.13. The minimum absolute atomic E-state index is 0.474. The standard InChI is InChI=1S/C22H28ClN3O4/c1-4-24-22(25-8-7-15-5-6-18(27-2)19(12-15)28-3)26-14-16-11-17(23)21-20(13-16)29-9-10-30-21/h5-6,11-13H,4,7-10,14H2,1-3H3,(H2,24,25,26). The van der Waals surface area contributed by atoms with E-state index in [9.17, 15) is 0 Å². The van der Waals surface area contributed by atoms with Crippen LogP contribution in [0.3, 0.4) is 0 Å². The third-order valence-electron chi connectivity index (χ3n) is 4.57. The molecule has 2 aromatic rings. The number of benzene rings is 2. The fraction of sp³-hybridized carbons (Fsp3) is 0.409. The maximum atomic E-state index is 6.32. The summed E-state index contributed by atoms with van der Waals surface area (Å²) in [6, 6.07) is 9.73. The van der Waals surface area contributed by atoms with E-state index in [0.29, 0.717) is 36.3 Å². The Morgan fingerprint density at radius 1 is 1.03 bits per heavy atom. The zero-order valence-electron chi connectivity index (χ0n) is 17.6. The molecule has 8 heteroatoms. The van der Waals surface area contributed by atoms with Crippen LogP contribution in [-0.2, 0) is 13.0 Å². The van der Waals surface area contributed by atoms with Crippen molar-refractivity contribution in [1.29, 1.82) is 0 Å². The first-order chi connectivity index (χ1) is 14.6. The number of nitrogens with one attached hydrogen (secondary N) is 2. The second-order valence-electron chi connectivity index (χ2n) is 6.66. The molecule has 2 aromatic carbocycles. The van der Waals surface area contributed by atoms with E-state index >= 15 is 0 Å². The van der Waals surface area contributed by atoms with Crippen molar-refractivity contribution >= 4 is 17.6 Å². The monoisotopic (exact) mass is 433 g/mol. The van der Waals surface area contributed by atoms with Crippen LogP contribution in [0.2, 0.25) is 5.02 Å². The van der Waals surface area contributed by atoms with Gasteiger partial charge in [0.1, 0.15) is 13.2 Å². The molecule has 0 aliphatic carbocycles. The Labute approximate surface area is 182 Å². The lowest BCUT2D eigenvalue weighted by atomic mass is 10.1. The zero-order valence-corrected chi connectivity index (χ0v) is 18.3. The van der Waals surface area contributed by atoms with Gasteiger partial charge in [-0.25, -0.2) is 4.99 Å². The minimum Gasteiger partial charge on any atom is -0.493 e. The molecule has 0 bridgehead atoms. The molecule has 0 amide bonds. The number of methoxy groups -OCH3 is 2. The van der Waals surface area contributed by atoms with Crippen LogP contribution in [-0.4, -0.2) is 46.5 Å². The number of hydrogen-bond acceptors (Lipinski definition) is 5. The van der Waals surface area contributed by atoms with Gasteiger partial charge >= 0.3 is 0 Å². The highest BCUT2D eigenvalue weighted by atomic mass is 35.5. The van der Waals surface area contributed by atoms with Crippen molar-refractivity contribution in [2.45, 2.75) is 19.9 Å². The van der Waals surface area contributed by atoms with Crippen molar-refractivity contribution < 1.29 is 18.9 Å². The first kappa shape index (κ1) is 21.9. The van der Waals surface area contributed by atoms with E-state index in [-0.39, 0.29) is 0 Å². The van der Waals surface area contributed by atoms with Gasteiger partial charge in [0.15, 0.2) is 29.0 Å². The number of aliphatic imine (C=N–C) groups is 1. The van der Waals surface area contributed by atoms with Crippen LogP contribution in [0.25, 0.3) is 0 Å². The van der Waals surface area contributed by atoms with Crippen molar-refractivity contribution in [3.05, 3.63) is 46.5 Å². The number of ether oxygens (including phenoxy) is 4. The molecular weight excluding hydrogens is 406 g/mol. The maximum absolute atomic E-state index is 6.32. The Bertz CT molecular complexity index is 889. The number of fused-ring (bicyclic) bond motifs is 1. The van der Waals surface area contributed by atoms with Gasteiger partial charge in [-0.1, -0.05) is 17.7 Å². The Hall–Kier alpha value is -2.80. The van der Waals surface area contributed by atoms with Gasteiger partial charge in [0.2, 0.25) is 0 Å². The molecule has 2 N–H and O–H groups in total. The average molecular weight is 434 g/mol. The van der Waals surface area contributed by atoms with Crippen molar-refractivity contribution in [1.82, 2.24) is 10.6 Å². The largest absolute Gasteiger partial charge is 0.493 e. The number of nitrogens with zero attached hydrogens (tertiary/aromatic N) is 1. The van der Waals surface area contributed by atoms with Crippen molar-refractivity contribution in [3.8, 4) is 23.0 Å². The zero-order chi connectivity index (χ0) is 21.3. The van der Waals surface area contributed by atoms with Crippen LogP contribution in [0.1, 0.15) is 18.1 Å². The molecule has 162 valence electrons. The van der Waals surface area contributed by atoms with Crippen molar-refractivity contribution in [2.75, 3.05) is 40.5 Å². The van der Waals surface area contributed by atoms with Gasteiger partial charge in [-0.05, 0) is 48.7 Å². The van der Waals surface area contributed by atoms with E-state index < -0.39 is 0 Å². The predicted molar refractivity (Wildman–Crippen MR) is 119 cm³/mol. The topological polar surface area (TPSA) is 73.3 Å². The smallest absolute Gasteiger partial charge is 0.191 e. The Morgan fingerprint density at radius 2 is 1.83 bits per heavy atom. The molecule has 0 unspecified atom stereocenters. The predicted octanol–water partition coefficient (Wildman–Crippen LogP) is 3.43. The Balaban J connectivity index is 1.60. The summed E-state index contributed by atoms with van der Waals surface area (Å²) in [7, 11) is 3.27. The van der Waals surface area contributed by atoms with Crippen molar-refractivity contribution in [3.63, 3.8) is 0 Å². The highest BCUT2D eigenvalue weighted by Gasteiger charge is 2.16. The summed E-state index contributed by atoms with van der Waals surface area (Å²) in [5.41, 5.74) is 2.11. The number of guanidine groups is 1. The average Bonchev–Trinajstić information content (AvgIpc) is 2.77. The lowest BCUT2D eigenvalue weighted by Gasteiger charge is -2.20. The molecule has 7 nitrogen and oxygen atoms in total. The van der Waals surface area contributed by atoms with Crippen LogP contribution in [0, 0.1) is 0 Å². The van der Waals surface area contributed by atoms with Crippen LogP contribution in [0.4, 0.5) is 0 Å². The molecule has 0 aromatic heterocycles. The van der Waals surface area contributed by atoms with Gasteiger partial charge < -0.3 is 29.6 Å². The lowest BCUT2D eigenvalue weighted by molar-refractivity contribution is 0.171. The van der Waals surface area contributed by atoms with Crippen LogP contribution in [0.5, 0.6) is 23.0 Å². The van der Waals surface area contributed by atoms with Gasteiger partial charge in [-0.15, -0.1) is 0 Å². The first-order valence-corrected chi connectivity index (χ1v) is 10.3. The van der Waals surface area contributed by atoms with Gasteiger partial charge in [-0.3, -0.25) is 0 Å². The molecule has 0 fully saturated rings. The molecule has 1 aliphatic rings. The maximum Gasteiger partial charge on any atom is 0.191 e. The van der Waals surface area contributed by atoms with E-state index in [4.69, 9.17) is 30.5 Å². The summed E-state index contributed by atoms with van der Waals surface area (Å²) >= 11 is 6.32. The molecule has 0 radical (unpaired) electrons. The second kappa shape index (κ2) is 10.8. The van der Waals surface area contributed by atoms with E-state index in [0.717, 1.165) is 48.1 Å². The number of rotatable bonds is 8. The SMILES string of the molecule is CCNC(=NCc1cc(Cl)c2c(c1)OCCO2)NCCc1ccc(OC)c(OC)c1. The van der Waals surface area contributed by atoms with Crippen LogP contribution in [0.15, 0.2) is 35.3 Å². The first-order valence-electron chi connectivity index (χ1n) is 9.95. The van der Waals surface area contributed by atoms with E-state index in [2.05, 4.69) is 15.6 Å². The van der Waals surface area contributed by atoms with Crippen LogP contribution < -0.4 is 29.6 Å². The van der Waals surface area contributed by atoms with Gasteiger partial charge in [0, 0.05) is 13.1 Å². The Morgan fingerprint density at radius 3 is 2.60 bits per heavy atom. The fourth-order valence-corrected chi connectivity index (χ4v) is 3.42. The summed E-state index contributed by atoms with van der Waals surface area (Å²) in [5, 5.41) is 7.17. The normalized spacial score (nSPS) is 13.0. The second-order valence-corrected chi connectivity index (χ2v) is 7.07. The van der Waals surface area contributed by atoms with E-state index in [1.165, 1.54) is 0 Å². The summed E-state index contributed by atoms with van der Waals surface area (Å²) in [4.78, 5) is 4.66. The molecule has 0 atom stereocenters. The lowest BCUT2D eigenvalue weighted by Crippen LogP contribution is -2.38. The molecule has 3 rings (SSSR count). The van der Waals surface area contributed by atoms with Crippen LogP contribution >= 0.6 is 11.6 Å². The van der Waals surface area contributed by atoms with Gasteiger partial charge in [0.05, 0.1) is 25.8 Å². The molecule has 1 aliphatic heterocycles. The Kier molecular flexibility index (Phi) is 7.90. The molecular formula is C22H28ClN3O4. The van der Waals surface area contributed by atoms with Crippen molar-refractivity contribution in [2.24, 2.45) is 4.99 Å². The summed E-state index contributed by atoms with van der Waals surface area (Å²) in [6.45, 7) is 5.04. The number of halogens is 1. The molecule has 0 saturated heterocycles. The van der Waals surface area contributed by atoms with Gasteiger partial charge in [0.25, 0.3) is 0 Å².